The average Bonchev–Trinajstić information content (AvgIpc) is 2.48. The van der Waals surface area contributed by atoms with E-state index in [1.54, 1.807) is 23.1 Å². The van der Waals surface area contributed by atoms with Gasteiger partial charge in [0.2, 0.25) is 0 Å². The molecular formula is C10H11NS2. The molecule has 13 heavy (non-hydrogen) atoms. The number of anilines is 1. The zero-order chi connectivity index (χ0) is 9.42. The van der Waals surface area contributed by atoms with Crippen molar-refractivity contribution < 1.29 is 0 Å². The van der Waals surface area contributed by atoms with E-state index in [9.17, 15) is 0 Å². The van der Waals surface area contributed by atoms with E-state index >= 15 is 0 Å². The maximum atomic E-state index is 5.79. The number of benzene rings is 1. The summed E-state index contributed by atoms with van der Waals surface area (Å²) in [7, 11) is 0. The van der Waals surface area contributed by atoms with E-state index in [4.69, 9.17) is 5.73 Å². The monoisotopic (exact) mass is 209 g/mol. The summed E-state index contributed by atoms with van der Waals surface area (Å²) in [5.74, 6) is 0. The Morgan fingerprint density at radius 2 is 2.15 bits per heavy atom. The molecule has 0 radical (unpaired) electrons. The Hall–Kier alpha value is -0.670. The van der Waals surface area contributed by atoms with E-state index in [0.717, 1.165) is 5.00 Å². The third kappa shape index (κ3) is 1.42. The van der Waals surface area contributed by atoms with Crippen LogP contribution in [-0.2, 0) is 0 Å². The molecule has 0 atom stereocenters. The predicted molar refractivity (Wildman–Crippen MR) is 62.8 cm³/mol. The Morgan fingerprint density at radius 1 is 1.38 bits per heavy atom. The summed E-state index contributed by atoms with van der Waals surface area (Å²) in [6.07, 6.45) is 2.10. The van der Waals surface area contributed by atoms with E-state index in [2.05, 4.69) is 31.4 Å². The van der Waals surface area contributed by atoms with Crippen molar-refractivity contribution in [2.24, 2.45) is 0 Å². The number of nitrogen functional groups attached to an aromatic ring is 1. The maximum Gasteiger partial charge on any atom is 0.0869 e. The van der Waals surface area contributed by atoms with Crippen LogP contribution in [0.1, 0.15) is 5.56 Å². The van der Waals surface area contributed by atoms with Gasteiger partial charge in [-0.2, -0.15) is 0 Å². The van der Waals surface area contributed by atoms with E-state index in [1.165, 1.54) is 20.5 Å². The largest absolute Gasteiger partial charge is 0.391 e. The number of aryl methyl sites for hydroxylation is 1. The Bertz CT molecular complexity index is 445. The molecule has 2 rings (SSSR count). The van der Waals surface area contributed by atoms with Gasteiger partial charge in [0, 0.05) is 4.90 Å². The quantitative estimate of drug-likeness (QED) is 0.727. The van der Waals surface area contributed by atoms with Crippen molar-refractivity contribution in [3.63, 3.8) is 0 Å². The molecule has 1 aromatic carbocycles. The van der Waals surface area contributed by atoms with Crippen LogP contribution in [0.15, 0.2) is 23.1 Å². The summed E-state index contributed by atoms with van der Waals surface area (Å²) in [5.41, 5.74) is 7.10. The lowest BCUT2D eigenvalue weighted by molar-refractivity contribution is 1.48. The molecule has 0 amide bonds. The first-order valence-corrected chi connectivity index (χ1v) is 6.09. The Balaban J connectivity index is 2.83. The molecule has 1 aromatic heterocycles. The zero-order valence-corrected chi connectivity index (χ0v) is 9.26. The van der Waals surface area contributed by atoms with Crippen molar-refractivity contribution >= 4 is 38.2 Å². The van der Waals surface area contributed by atoms with Crippen LogP contribution in [0, 0.1) is 6.92 Å². The minimum Gasteiger partial charge on any atom is -0.391 e. The first-order chi connectivity index (χ1) is 6.22. The van der Waals surface area contributed by atoms with Gasteiger partial charge < -0.3 is 5.73 Å². The van der Waals surface area contributed by atoms with Gasteiger partial charge in [-0.25, -0.2) is 0 Å². The smallest absolute Gasteiger partial charge is 0.0869 e. The van der Waals surface area contributed by atoms with Crippen molar-refractivity contribution in [3.8, 4) is 0 Å². The molecule has 1 nitrogen and oxygen atoms in total. The number of hydrogen-bond acceptors (Lipinski definition) is 3. The molecule has 3 heteroatoms. The summed E-state index contributed by atoms with van der Waals surface area (Å²) >= 11 is 3.45. The topological polar surface area (TPSA) is 26.0 Å². The van der Waals surface area contributed by atoms with E-state index in [0.29, 0.717) is 0 Å². The normalized spacial score (nSPS) is 10.9. The molecule has 0 fully saturated rings. The molecule has 0 bridgehead atoms. The van der Waals surface area contributed by atoms with Crippen molar-refractivity contribution in [3.05, 3.63) is 23.8 Å². The zero-order valence-electron chi connectivity index (χ0n) is 7.63. The predicted octanol–water partition coefficient (Wildman–Crippen LogP) is 3.51. The lowest BCUT2D eigenvalue weighted by Gasteiger charge is -2.00. The molecule has 0 saturated carbocycles. The van der Waals surface area contributed by atoms with Crippen molar-refractivity contribution in [1.29, 1.82) is 0 Å². The third-order valence-corrected chi connectivity index (χ3v) is 4.01. The number of thioether (sulfide) groups is 1. The average molecular weight is 209 g/mol. The number of hydrogen-bond donors (Lipinski definition) is 1. The third-order valence-electron chi connectivity index (χ3n) is 2.10. The van der Waals surface area contributed by atoms with Crippen molar-refractivity contribution in [2.75, 3.05) is 12.0 Å². The van der Waals surface area contributed by atoms with Crippen LogP contribution in [0.25, 0.3) is 10.1 Å². The molecule has 0 spiro atoms. The summed E-state index contributed by atoms with van der Waals surface area (Å²) < 4.78 is 1.32. The Kier molecular flexibility index (Phi) is 2.22. The summed E-state index contributed by atoms with van der Waals surface area (Å²) in [5, 5.41) is 2.20. The van der Waals surface area contributed by atoms with Gasteiger partial charge in [0.25, 0.3) is 0 Å². The van der Waals surface area contributed by atoms with Gasteiger partial charge >= 0.3 is 0 Å². The Morgan fingerprint density at radius 3 is 2.85 bits per heavy atom. The number of nitrogens with two attached hydrogens (primary N) is 1. The van der Waals surface area contributed by atoms with E-state index in [1.807, 2.05) is 0 Å². The van der Waals surface area contributed by atoms with Crippen LogP contribution in [-0.4, -0.2) is 6.26 Å². The van der Waals surface area contributed by atoms with Crippen molar-refractivity contribution in [1.82, 2.24) is 0 Å². The number of rotatable bonds is 1. The number of fused-ring (bicyclic) bond motifs is 1. The Labute approximate surface area is 85.9 Å². The molecule has 2 aromatic rings. The summed E-state index contributed by atoms with van der Waals surface area (Å²) in [4.78, 5) is 1.32. The highest BCUT2D eigenvalue weighted by molar-refractivity contribution is 7.99. The molecule has 0 saturated heterocycles. The second kappa shape index (κ2) is 3.24. The molecule has 0 aliphatic rings. The van der Waals surface area contributed by atoms with Gasteiger partial charge in [-0.15, -0.1) is 23.1 Å². The number of thiophene rings is 1. The maximum absolute atomic E-state index is 5.79. The minimum atomic E-state index is 0.902. The first-order valence-electron chi connectivity index (χ1n) is 4.05. The highest BCUT2D eigenvalue weighted by Crippen LogP contribution is 2.36. The van der Waals surface area contributed by atoms with Crippen LogP contribution >= 0.6 is 23.1 Å². The van der Waals surface area contributed by atoms with Crippen LogP contribution < -0.4 is 5.73 Å². The molecule has 68 valence electrons. The second-order valence-corrected chi connectivity index (χ2v) is 4.91. The van der Waals surface area contributed by atoms with Crippen molar-refractivity contribution in [2.45, 2.75) is 11.8 Å². The standard InChI is InChI=1S/C10H11NS2/c1-6-3-4-8(12-2)10-7(6)5-9(11)13-10/h3-5H,11H2,1-2H3. The fourth-order valence-corrected chi connectivity index (χ4v) is 3.20. The summed E-state index contributed by atoms with van der Waals surface area (Å²) in [6.45, 7) is 2.12. The van der Waals surface area contributed by atoms with Gasteiger partial charge in [0.1, 0.15) is 0 Å². The van der Waals surface area contributed by atoms with Crippen LogP contribution in [0.3, 0.4) is 0 Å². The van der Waals surface area contributed by atoms with Gasteiger partial charge in [-0.3, -0.25) is 0 Å². The molecular weight excluding hydrogens is 198 g/mol. The lowest BCUT2D eigenvalue weighted by Crippen LogP contribution is -1.75. The molecule has 1 heterocycles. The van der Waals surface area contributed by atoms with E-state index in [-0.39, 0.29) is 0 Å². The first kappa shape index (κ1) is 8.91. The van der Waals surface area contributed by atoms with Crippen LogP contribution in [0.2, 0.25) is 0 Å². The van der Waals surface area contributed by atoms with Gasteiger partial charge in [-0.05, 0) is 36.3 Å². The van der Waals surface area contributed by atoms with Gasteiger partial charge in [-0.1, -0.05) is 6.07 Å². The van der Waals surface area contributed by atoms with Crippen LogP contribution in [0.5, 0.6) is 0 Å². The fraction of sp³-hybridized carbons (Fsp3) is 0.200. The molecule has 2 N–H and O–H groups in total. The molecule has 0 aliphatic heterocycles. The summed E-state index contributed by atoms with van der Waals surface area (Å²) in [6, 6.07) is 6.38. The highest BCUT2D eigenvalue weighted by Gasteiger charge is 2.05. The van der Waals surface area contributed by atoms with Gasteiger partial charge in [0.15, 0.2) is 0 Å². The van der Waals surface area contributed by atoms with Crippen LogP contribution in [0.4, 0.5) is 5.00 Å². The van der Waals surface area contributed by atoms with Gasteiger partial charge in [0.05, 0.1) is 9.70 Å². The SMILES string of the molecule is CSc1ccc(C)c2cc(N)sc12. The fourth-order valence-electron chi connectivity index (χ4n) is 1.41. The molecule has 0 unspecified atom stereocenters. The highest BCUT2D eigenvalue weighted by atomic mass is 32.2. The minimum absolute atomic E-state index is 0.902. The molecule has 0 aliphatic carbocycles. The van der Waals surface area contributed by atoms with E-state index < -0.39 is 0 Å². The lowest BCUT2D eigenvalue weighted by atomic mass is 10.1. The second-order valence-electron chi connectivity index (χ2n) is 2.98.